The van der Waals surface area contributed by atoms with Crippen LogP contribution in [0.25, 0.3) is 0 Å². The number of carbonyl (C=O) groups excluding carboxylic acids is 1. The van der Waals surface area contributed by atoms with Gasteiger partial charge in [-0.1, -0.05) is 0 Å². The molecular weight excluding hydrogens is 376 g/mol. The first-order valence-corrected chi connectivity index (χ1v) is 9.54. The molecule has 1 aliphatic carbocycles. The van der Waals surface area contributed by atoms with Crippen LogP contribution in [0.3, 0.4) is 0 Å². The van der Waals surface area contributed by atoms with Gasteiger partial charge in [0, 0.05) is 11.8 Å². The van der Waals surface area contributed by atoms with Gasteiger partial charge in [0.25, 0.3) is 0 Å². The largest absolute Gasteiger partial charge is 0.493 e. The van der Waals surface area contributed by atoms with Crippen LogP contribution in [0.5, 0.6) is 28.7 Å². The second-order valence-corrected chi connectivity index (χ2v) is 7.46. The van der Waals surface area contributed by atoms with Gasteiger partial charge in [-0.05, 0) is 47.4 Å². The molecule has 0 unspecified atom stereocenters. The summed E-state index contributed by atoms with van der Waals surface area (Å²) in [6.45, 7) is 0.217. The molecule has 0 radical (unpaired) electrons. The van der Waals surface area contributed by atoms with E-state index in [0.717, 1.165) is 28.9 Å². The molecule has 0 saturated carbocycles. The summed E-state index contributed by atoms with van der Waals surface area (Å²) < 4.78 is 33.5. The van der Waals surface area contributed by atoms with Crippen molar-refractivity contribution in [2.24, 2.45) is 5.92 Å². The lowest BCUT2D eigenvalue weighted by Gasteiger charge is -2.35. The van der Waals surface area contributed by atoms with Crippen LogP contribution in [0, 0.1) is 5.92 Å². The van der Waals surface area contributed by atoms with Crippen molar-refractivity contribution in [3.05, 3.63) is 41.0 Å². The van der Waals surface area contributed by atoms with Crippen LogP contribution in [-0.2, 0) is 16.0 Å². The van der Waals surface area contributed by atoms with Gasteiger partial charge >= 0.3 is 5.97 Å². The minimum atomic E-state index is -0.252. The minimum absolute atomic E-state index is 0.111. The summed E-state index contributed by atoms with van der Waals surface area (Å²) in [4.78, 5) is 12.1. The molecule has 0 N–H and O–H groups in total. The molecule has 2 aromatic carbocycles. The first kappa shape index (κ1) is 18.0. The summed E-state index contributed by atoms with van der Waals surface area (Å²) in [6, 6.07) is 7.89. The third-order valence-electron chi connectivity index (χ3n) is 5.99. The van der Waals surface area contributed by atoms with Crippen LogP contribution in [0.2, 0.25) is 0 Å². The molecule has 7 nitrogen and oxygen atoms in total. The summed E-state index contributed by atoms with van der Waals surface area (Å²) in [6.07, 6.45) is 0.932. The van der Waals surface area contributed by atoms with E-state index in [-0.39, 0.29) is 30.7 Å². The molecule has 7 heteroatoms. The Kier molecular flexibility index (Phi) is 4.19. The number of hydrogen-bond donors (Lipinski definition) is 0. The fourth-order valence-corrected chi connectivity index (χ4v) is 4.73. The molecule has 0 spiro atoms. The summed E-state index contributed by atoms with van der Waals surface area (Å²) in [7, 11) is 4.75. The van der Waals surface area contributed by atoms with Crippen molar-refractivity contribution in [1.82, 2.24) is 0 Å². The van der Waals surface area contributed by atoms with Gasteiger partial charge in [-0.3, -0.25) is 4.79 Å². The van der Waals surface area contributed by atoms with E-state index in [0.29, 0.717) is 29.4 Å². The molecule has 2 aliphatic heterocycles. The Labute approximate surface area is 168 Å². The summed E-state index contributed by atoms with van der Waals surface area (Å²) in [5, 5.41) is 0. The van der Waals surface area contributed by atoms with Crippen molar-refractivity contribution in [1.29, 1.82) is 0 Å². The molecule has 2 aromatic rings. The van der Waals surface area contributed by atoms with Gasteiger partial charge in [-0.25, -0.2) is 0 Å². The fourth-order valence-electron chi connectivity index (χ4n) is 4.73. The van der Waals surface area contributed by atoms with E-state index in [2.05, 4.69) is 0 Å². The van der Waals surface area contributed by atoms with Crippen LogP contribution in [-0.4, -0.2) is 40.2 Å². The van der Waals surface area contributed by atoms with Gasteiger partial charge in [0.2, 0.25) is 12.5 Å². The van der Waals surface area contributed by atoms with E-state index in [1.54, 1.807) is 21.3 Å². The Balaban J connectivity index is 1.69. The molecule has 0 aromatic heterocycles. The van der Waals surface area contributed by atoms with Crippen LogP contribution in [0.4, 0.5) is 0 Å². The molecule has 0 amide bonds. The van der Waals surface area contributed by atoms with Crippen molar-refractivity contribution < 1.29 is 33.2 Å². The average molecular weight is 398 g/mol. The zero-order chi connectivity index (χ0) is 20.1. The maximum atomic E-state index is 12.1. The monoisotopic (exact) mass is 398 g/mol. The third kappa shape index (κ3) is 2.75. The highest BCUT2D eigenvalue weighted by Crippen LogP contribution is 2.51. The average Bonchev–Trinajstić information content (AvgIpc) is 3.33. The van der Waals surface area contributed by atoms with Gasteiger partial charge < -0.3 is 28.4 Å². The third-order valence-corrected chi connectivity index (χ3v) is 5.99. The minimum Gasteiger partial charge on any atom is -0.493 e. The van der Waals surface area contributed by atoms with Gasteiger partial charge in [0.05, 0.1) is 27.8 Å². The van der Waals surface area contributed by atoms with Crippen molar-refractivity contribution in [2.45, 2.75) is 24.9 Å². The SMILES string of the molecule is COc1cc([C@H]2c3cc4c(cc3C[C@H]3CC(=O)O[C@@H]32)OCO4)cc(OC)c1OC. The lowest BCUT2D eigenvalue weighted by Crippen LogP contribution is -2.32. The quantitative estimate of drug-likeness (QED) is 0.733. The predicted molar refractivity (Wildman–Crippen MR) is 102 cm³/mol. The van der Waals surface area contributed by atoms with Gasteiger partial charge in [-0.2, -0.15) is 0 Å². The second kappa shape index (κ2) is 6.76. The molecule has 3 atom stereocenters. The second-order valence-electron chi connectivity index (χ2n) is 7.46. The fraction of sp³-hybridized carbons (Fsp3) is 0.409. The zero-order valence-corrected chi connectivity index (χ0v) is 16.5. The molecule has 2 heterocycles. The molecule has 152 valence electrons. The van der Waals surface area contributed by atoms with Crippen molar-refractivity contribution in [2.75, 3.05) is 28.1 Å². The van der Waals surface area contributed by atoms with Crippen LogP contribution in [0.1, 0.15) is 29.0 Å². The lowest BCUT2D eigenvalue weighted by molar-refractivity contribution is -0.142. The van der Waals surface area contributed by atoms with Crippen molar-refractivity contribution in [3.8, 4) is 28.7 Å². The number of rotatable bonds is 4. The van der Waals surface area contributed by atoms with Gasteiger partial charge in [0.1, 0.15) is 6.10 Å². The number of benzene rings is 2. The number of esters is 1. The number of carbonyl (C=O) groups is 1. The van der Waals surface area contributed by atoms with E-state index in [1.165, 1.54) is 0 Å². The number of ether oxygens (including phenoxy) is 6. The summed E-state index contributed by atoms with van der Waals surface area (Å²) in [5.74, 6) is 2.90. The van der Waals surface area contributed by atoms with E-state index in [1.807, 2.05) is 24.3 Å². The number of hydrogen-bond acceptors (Lipinski definition) is 7. The Bertz CT molecular complexity index is 958. The maximum absolute atomic E-state index is 12.1. The Morgan fingerprint density at radius 3 is 2.24 bits per heavy atom. The predicted octanol–water partition coefficient (Wildman–Crippen LogP) is 3.06. The number of fused-ring (bicyclic) bond motifs is 3. The highest BCUT2D eigenvalue weighted by Gasteiger charge is 2.46. The Morgan fingerprint density at radius 2 is 1.59 bits per heavy atom. The van der Waals surface area contributed by atoms with E-state index in [9.17, 15) is 4.79 Å². The lowest BCUT2D eigenvalue weighted by atomic mass is 9.71. The standard InChI is InChI=1S/C22H22O7/c1-24-17-6-12(7-18(25-2)22(17)26-3)20-14-9-16-15(27-10-28-16)5-11(14)4-13-8-19(23)29-21(13)20/h5-7,9,13,20-21H,4,8,10H2,1-3H3/t13-,20-,21-/m0/s1. The molecule has 5 rings (SSSR count). The Hall–Kier alpha value is -3.09. The van der Waals surface area contributed by atoms with Crippen LogP contribution >= 0.6 is 0 Å². The molecule has 0 bridgehead atoms. The molecule has 3 aliphatic rings. The van der Waals surface area contributed by atoms with Crippen molar-refractivity contribution in [3.63, 3.8) is 0 Å². The first-order valence-electron chi connectivity index (χ1n) is 9.54. The normalized spacial score (nSPS) is 23.8. The molecule has 1 saturated heterocycles. The van der Waals surface area contributed by atoms with Gasteiger partial charge in [-0.15, -0.1) is 0 Å². The first-order chi connectivity index (χ1) is 14.1. The Morgan fingerprint density at radius 1 is 0.897 bits per heavy atom. The highest BCUT2D eigenvalue weighted by atomic mass is 16.7. The van der Waals surface area contributed by atoms with E-state index in [4.69, 9.17) is 28.4 Å². The van der Waals surface area contributed by atoms with Crippen LogP contribution < -0.4 is 23.7 Å². The summed E-state index contributed by atoms with van der Waals surface area (Å²) >= 11 is 0. The van der Waals surface area contributed by atoms with E-state index >= 15 is 0 Å². The number of methoxy groups -OCH3 is 3. The highest BCUT2D eigenvalue weighted by molar-refractivity contribution is 5.73. The van der Waals surface area contributed by atoms with Crippen LogP contribution in [0.15, 0.2) is 24.3 Å². The van der Waals surface area contributed by atoms with Crippen molar-refractivity contribution >= 4 is 5.97 Å². The molecule has 1 fully saturated rings. The van der Waals surface area contributed by atoms with E-state index < -0.39 is 0 Å². The smallest absolute Gasteiger partial charge is 0.306 e. The topological polar surface area (TPSA) is 72.5 Å². The van der Waals surface area contributed by atoms with Gasteiger partial charge in [0.15, 0.2) is 23.0 Å². The molecule has 29 heavy (non-hydrogen) atoms. The summed E-state index contributed by atoms with van der Waals surface area (Å²) in [5.41, 5.74) is 3.15. The zero-order valence-electron chi connectivity index (χ0n) is 16.5. The maximum Gasteiger partial charge on any atom is 0.306 e. The molecular formula is C22H22O7.